The summed E-state index contributed by atoms with van der Waals surface area (Å²) in [7, 11) is 0. The largest absolute Gasteiger partial charge is 0.492 e. The number of para-hydroxylation sites is 2. The molecule has 0 bridgehead atoms. The van der Waals surface area contributed by atoms with Crippen LogP contribution in [0, 0.1) is 11.7 Å². The van der Waals surface area contributed by atoms with E-state index in [4.69, 9.17) is 17.0 Å². The molecule has 140 valence electrons. The number of rotatable bonds is 5. The van der Waals surface area contributed by atoms with E-state index >= 15 is 0 Å². The zero-order chi connectivity index (χ0) is 19.4. The molecule has 0 saturated carbocycles. The number of thiocarbonyl (C=S) groups is 1. The molecule has 5 nitrogen and oxygen atoms in total. The highest BCUT2D eigenvalue weighted by atomic mass is 32.1. The van der Waals surface area contributed by atoms with Gasteiger partial charge in [0.1, 0.15) is 17.5 Å². The molecule has 0 radical (unpaired) electrons. The van der Waals surface area contributed by atoms with Crippen molar-refractivity contribution in [1.29, 1.82) is 0 Å². The van der Waals surface area contributed by atoms with E-state index in [1.807, 2.05) is 19.1 Å². The van der Waals surface area contributed by atoms with Gasteiger partial charge in [-0.2, -0.15) is 0 Å². The van der Waals surface area contributed by atoms with Crippen LogP contribution in [0.5, 0.6) is 5.75 Å². The first-order valence-corrected chi connectivity index (χ1v) is 9.05. The third kappa shape index (κ3) is 4.14. The minimum Gasteiger partial charge on any atom is -0.492 e. The highest BCUT2D eigenvalue weighted by Crippen LogP contribution is 2.31. The van der Waals surface area contributed by atoms with Gasteiger partial charge in [0.15, 0.2) is 5.11 Å². The minimum absolute atomic E-state index is 0.236. The summed E-state index contributed by atoms with van der Waals surface area (Å²) < 4.78 is 19.9. The van der Waals surface area contributed by atoms with Gasteiger partial charge in [-0.05, 0) is 44.3 Å². The van der Waals surface area contributed by atoms with Crippen molar-refractivity contribution in [2.75, 3.05) is 11.9 Å². The van der Waals surface area contributed by atoms with Gasteiger partial charge in [0.25, 0.3) is 0 Å². The van der Waals surface area contributed by atoms with Crippen LogP contribution in [-0.4, -0.2) is 23.3 Å². The summed E-state index contributed by atoms with van der Waals surface area (Å²) in [5.41, 5.74) is 1.45. The van der Waals surface area contributed by atoms with Gasteiger partial charge in [0.2, 0.25) is 5.91 Å². The van der Waals surface area contributed by atoms with Crippen LogP contribution < -0.4 is 15.4 Å². The second kappa shape index (κ2) is 8.26. The van der Waals surface area contributed by atoms with Crippen LogP contribution in [0.1, 0.15) is 25.5 Å². The van der Waals surface area contributed by atoms with E-state index in [9.17, 15) is 9.18 Å². The lowest BCUT2D eigenvalue weighted by molar-refractivity contribution is -0.118. The van der Waals surface area contributed by atoms with Crippen molar-refractivity contribution in [2.45, 2.75) is 19.9 Å². The van der Waals surface area contributed by atoms with E-state index in [0.717, 1.165) is 0 Å². The average molecular weight is 385 g/mol. The van der Waals surface area contributed by atoms with Crippen molar-refractivity contribution in [3.8, 4) is 5.75 Å². The van der Waals surface area contributed by atoms with Gasteiger partial charge < -0.3 is 15.4 Å². The van der Waals surface area contributed by atoms with Gasteiger partial charge >= 0.3 is 0 Å². The zero-order valence-corrected chi connectivity index (χ0v) is 15.8. The molecule has 2 atom stereocenters. The highest BCUT2D eigenvalue weighted by Gasteiger charge is 2.37. The van der Waals surface area contributed by atoms with Crippen molar-refractivity contribution in [1.82, 2.24) is 5.32 Å². The average Bonchev–Trinajstić information content (AvgIpc) is 2.63. The fourth-order valence-electron chi connectivity index (χ4n) is 3.11. The molecule has 1 amide bonds. The standard InChI is InChI=1S/C20H20FN3O2S/c1-3-26-16-11-7-6-10-15(16)23-19(25)17-12(2)22-20(27)24-18(17)13-8-4-5-9-14(13)21/h4-11,17-18H,3H2,1-2H3,(H,23,25)(H,24,27). The molecule has 3 rings (SSSR count). The Morgan fingerprint density at radius 3 is 2.70 bits per heavy atom. The summed E-state index contributed by atoms with van der Waals surface area (Å²) in [4.78, 5) is 17.3. The Balaban J connectivity index is 1.94. The molecule has 0 saturated heterocycles. The van der Waals surface area contributed by atoms with Gasteiger partial charge in [0.05, 0.1) is 18.3 Å². The van der Waals surface area contributed by atoms with Crippen LogP contribution in [0.4, 0.5) is 10.1 Å². The maximum Gasteiger partial charge on any atom is 0.235 e. The van der Waals surface area contributed by atoms with Crippen molar-refractivity contribution >= 4 is 34.6 Å². The van der Waals surface area contributed by atoms with Gasteiger partial charge in [-0.3, -0.25) is 4.79 Å². The Hall–Kier alpha value is -2.80. The first-order chi connectivity index (χ1) is 13.0. The highest BCUT2D eigenvalue weighted by molar-refractivity contribution is 7.80. The number of hydrogen-bond donors (Lipinski definition) is 2. The smallest absolute Gasteiger partial charge is 0.235 e. The second-order valence-electron chi connectivity index (χ2n) is 6.10. The van der Waals surface area contributed by atoms with Crippen molar-refractivity contribution in [3.63, 3.8) is 0 Å². The number of benzene rings is 2. The number of nitrogens with one attached hydrogen (secondary N) is 2. The van der Waals surface area contributed by atoms with Gasteiger partial charge in [-0.15, -0.1) is 0 Å². The molecule has 0 fully saturated rings. The molecule has 0 aliphatic carbocycles. The third-order valence-electron chi connectivity index (χ3n) is 4.31. The Bertz CT molecular complexity index is 900. The summed E-state index contributed by atoms with van der Waals surface area (Å²) in [5, 5.41) is 6.09. The summed E-state index contributed by atoms with van der Waals surface area (Å²) in [6.07, 6.45) is 0. The quantitative estimate of drug-likeness (QED) is 0.767. The van der Waals surface area contributed by atoms with Crippen LogP contribution in [0.25, 0.3) is 0 Å². The molecule has 2 N–H and O–H groups in total. The molecule has 0 spiro atoms. The van der Waals surface area contributed by atoms with Crippen molar-refractivity contribution in [3.05, 3.63) is 59.9 Å². The van der Waals surface area contributed by atoms with Crippen molar-refractivity contribution < 1.29 is 13.9 Å². The number of carbonyl (C=O) groups is 1. The Labute approximate surface area is 162 Å². The van der Waals surface area contributed by atoms with E-state index in [-0.39, 0.29) is 11.0 Å². The first-order valence-electron chi connectivity index (χ1n) is 8.64. The number of amides is 1. The molecular weight excluding hydrogens is 365 g/mol. The number of aliphatic imine (C=N–C) groups is 1. The van der Waals surface area contributed by atoms with E-state index in [1.165, 1.54) is 6.07 Å². The van der Waals surface area contributed by atoms with E-state index in [2.05, 4.69) is 15.6 Å². The number of halogens is 1. The molecule has 27 heavy (non-hydrogen) atoms. The SMILES string of the molecule is CCOc1ccccc1NC(=O)C1C(C)=NC(=S)NC1c1ccccc1F. The number of carbonyl (C=O) groups excluding carboxylic acids is 1. The predicted molar refractivity (Wildman–Crippen MR) is 108 cm³/mol. The Morgan fingerprint density at radius 1 is 1.26 bits per heavy atom. The molecule has 7 heteroatoms. The number of hydrogen-bond acceptors (Lipinski definition) is 3. The lowest BCUT2D eigenvalue weighted by Crippen LogP contribution is -2.45. The minimum atomic E-state index is -0.719. The molecule has 2 aromatic carbocycles. The normalized spacial score (nSPS) is 19.1. The molecule has 1 heterocycles. The Morgan fingerprint density at radius 2 is 1.96 bits per heavy atom. The predicted octanol–water partition coefficient (Wildman–Crippen LogP) is 3.87. The second-order valence-corrected chi connectivity index (χ2v) is 6.48. The lowest BCUT2D eigenvalue weighted by Gasteiger charge is -2.31. The van der Waals surface area contributed by atoms with Crippen LogP contribution in [-0.2, 0) is 4.79 Å². The third-order valence-corrected chi connectivity index (χ3v) is 4.52. The summed E-state index contributed by atoms with van der Waals surface area (Å²) in [5.74, 6) is -0.861. The summed E-state index contributed by atoms with van der Waals surface area (Å²) in [6, 6.07) is 12.9. The monoisotopic (exact) mass is 385 g/mol. The topological polar surface area (TPSA) is 62.7 Å². The molecule has 1 aliphatic rings. The Kier molecular flexibility index (Phi) is 5.81. The van der Waals surface area contributed by atoms with E-state index < -0.39 is 17.8 Å². The number of anilines is 1. The van der Waals surface area contributed by atoms with Crippen LogP contribution >= 0.6 is 12.2 Å². The molecule has 1 aliphatic heterocycles. The van der Waals surface area contributed by atoms with Gasteiger partial charge in [0, 0.05) is 11.3 Å². The zero-order valence-electron chi connectivity index (χ0n) is 15.0. The fraction of sp³-hybridized carbons (Fsp3) is 0.250. The van der Waals surface area contributed by atoms with Crippen LogP contribution in [0.2, 0.25) is 0 Å². The van der Waals surface area contributed by atoms with Gasteiger partial charge in [-0.25, -0.2) is 9.38 Å². The maximum atomic E-state index is 14.4. The summed E-state index contributed by atoms with van der Waals surface area (Å²) in [6.45, 7) is 4.07. The maximum absolute atomic E-state index is 14.4. The van der Waals surface area contributed by atoms with Gasteiger partial charge in [-0.1, -0.05) is 30.3 Å². The number of ether oxygens (including phenoxy) is 1. The van der Waals surface area contributed by atoms with Crippen LogP contribution in [0.15, 0.2) is 53.5 Å². The molecule has 2 aromatic rings. The first kappa shape index (κ1) is 19.0. The van der Waals surface area contributed by atoms with E-state index in [1.54, 1.807) is 37.3 Å². The van der Waals surface area contributed by atoms with E-state index in [0.29, 0.717) is 29.3 Å². The molecule has 0 aromatic heterocycles. The van der Waals surface area contributed by atoms with Crippen LogP contribution in [0.3, 0.4) is 0 Å². The summed E-state index contributed by atoms with van der Waals surface area (Å²) >= 11 is 5.15. The van der Waals surface area contributed by atoms with Crippen molar-refractivity contribution in [2.24, 2.45) is 10.9 Å². The fourth-order valence-corrected chi connectivity index (χ4v) is 3.38. The molecular formula is C20H20FN3O2S. The lowest BCUT2D eigenvalue weighted by atomic mass is 9.87. The molecule has 2 unspecified atom stereocenters. The number of nitrogens with zero attached hydrogens (tertiary/aromatic N) is 1.